The molecule has 0 aliphatic carbocycles. The van der Waals surface area contributed by atoms with Gasteiger partial charge in [-0.15, -0.1) is 0 Å². The van der Waals surface area contributed by atoms with Gasteiger partial charge in [-0.25, -0.2) is 13.2 Å². The second kappa shape index (κ2) is 6.12. The van der Waals surface area contributed by atoms with Gasteiger partial charge in [-0.05, 0) is 26.7 Å². The molecular weight excluding hydrogens is 300 g/mol. The zero-order valence-corrected chi connectivity index (χ0v) is 12.7. The first-order valence-electron chi connectivity index (χ1n) is 6.58. The Morgan fingerprint density at radius 3 is 2.52 bits per heavy atom. The highest BCUT2D eigenvalue weighted by molar-refractivity contribution is 7.89. The van der Waals surface area contributed by atoms with E-state index in [1.807, 2.05) is 0 Å². The molecule has 8 nitrogen and oxygen atoms in total. The van der Waals surface area contributed by atoms with Gasteiger partial charge < -0.3 is 14.4 Å². The van der Waals surface area contributed by atoms with Gasteiger partial charge in [0.25, 0.3) is 0 Å². The lowest BCUT2D eigenvalue weighted by Gasteiger charge is -2.30. The minimum atomic E-state index is -3.63. The normalized spacial score (nSPS) is 18.0. The third-order valence-electron chi connectivity index (χ3n) is 3.41. The molecule has 118 valence electrons. The van der Waals surface area contributed by atoms with Gasteiger partial charge in [-0.3, -0.25) is 0 Å². The molecule has 1 aromatic rings. The van der Waals surface area contributed by atoms with Crippen LogP contribution >= 0.6 is 0 Å². The predicted octanol–water partition coefficient (Wildman–Crippen LogP) is 0.546. The van der Waals surface area contributed by atoms with Crippen LogP contribution in [0.5, 0.6) is 0 Å². The first kappa shape index (κ1) is 15.9. The Morgan fingerprint density at radius 1 is 1.43 bits per heavy atom. The van der Waals surface area contributed by atoms with E-state index >= 15 is 0 Å². The smallest absolute Gasteiger partial charge is 0.329 e. The van der Waals surface area contributed by atoms with Crippen molar-refractivity contribution in [1.29, 1.82) is 0 Å². The summed E-state index contributed by atoms with van der Waals surface area (Å²) in [6, 6.07) is 0. The van der Waals surface area contributed by atoms with E-state index in [1.165, 1.54) is 4.31 Å². The van der Waals surface area contributed by atoms with Gasteiger partial charge >= 0.3 is 5.97 Å². The molecule has 1 aliphatic rings. The molecule has 0 saturated carbocycles. The average molecular weight is 318 g/mol. The SMILES string of the molecule is Cc1noc(C)c1S(=O)(=O)N1CCC(OCC(=O)O)CC1. The summed E-state index contributed by atoms with van der Waals surface area (Å²) in [4.78, 5) is 10.6. The molecule has 0 unspecified atom stereocenters. The minimum absolute atomic E-state index is 0.118. The van der Waals surface area contributed by atoms with Gasteiger partial charge in [0.1, 0.15) is 17.2 Å². The van der Waals surface area contributed by atoms with Crippen molar-refractivity contribution < 1.29 is 27.6 Å². The van der Waals surface area contributed by atoms with Crippen LogP contribution in [0, 0.1) is 13.8 Å². The molecule has 1 aliphatic heterocycles. The summed E-state index contributed by atoms with van der Waals surface area (Å²) in [6.45, 7) is 3.37. The van der Waals surface area contributed by atoms with Crippen molar-refractivity contribution in [3.05, 3.63) is 11.5 Å². The Balaban J connectivity index is 2.03. The van der Waals surface area contributed by atoms with Crippen molar-refractivity contribution in [1.82, 2.24) is 9.46 Å². The van der Waals surface area contributed by atoms with Crippen molar-refractivity contribution in [3.8, 4) is 0 Å². The number of carboxylic acids is 1. The van der Waals surface area contributed by atoms with Crippen molar-refractivity contribution in [2.75, 3.05) is 19.7 Å². The Kier molecular flexibility index (Phi) is 4.64. The van der Waals surface area contributed by atoms with Crippen LogP contribution in [0.25, 0.3) is 0 Å². The molecule has 0 spiro atoms. The molecule has 2 heterocycles. The summed E-state index contributed by atoms with van der Waals surface area (Å²) in [5.74, 6) is -0.752. The maximum atomic E-state index is 12.6. The summed E-state index contributed by atoms with van der Waals surface area (Å²) in [7, 11) is -3.63. The largest absolute Gasteiger partial charge is 0.480 e. The molecular formula is C12H18N2O6S. The fraction of sp³-hybridized carbons (Fsp3) is 0.667. The molecule has 21 heavy (non-hydrogen) atoms. The van der Waals surface area contributed by atoms with Gasteiger partial charge in [0.05, 0.1) is 6.10 Å². The van der Waals surface area contributed by atoms with Crippen molar-refractivity contribution in [2.45, 2.75) is 37.7 Å². The Labute approximate surface area is 122 Å². The van der Waals surface area contributed by atoms with Crippen molar-refractivity contribution in [2.24, 2.45) is 0 Å². The molecule has 1 aromatic heterocycles. The summed E-state index contributed by atoms with van der Waals surface area (Å²) in [6.07, 6.45) is 0.711. The molecule has 1 saturated heterocycles. The first-order valence-corrected chi connectivity index (χ1v) is 8.03. The van der Waals surface area contributed by atoms with E-state index in [1.54, 1.807) is 13.8 Å². The second-order valence-electron chi connectivity index (χ2n) is 4.96. The molecule has 9 heteroatoms. The summed E-state index contributed by atoms with van der Waals surface area (Å²) < 4.78 is 36.6. The standard InChI is InChI=1S/C12H18N2O6S/c1-8-12(9(2)20-13-8)21(17,18)14-5-3-10(4-6-14)19-7-11(15)16/h10H,3-7H2,1-2H3,(H,15,16). The lowest BCUT2D eigenvalue weighted by Crippen LogP contribution is -2.41. The molecule has 0 aromatic carbocycles. The van der Waals surface area contributed by atoms with Crippen molar-refractivity contribution in [3.63, 3.8) is 0 Å². The summed E-state index contributed by atoms with van der Waals surface area (Å²) in [5.41, 5.74) is 0.344. The Bertz CT molecular complexity index is 596. The zero-order valence-electron chi connectivity index (χ0n) is 11.9. The molecule has 0 bridgehead atoms. The van der Waals surface area contributed by atoms with E-state index in [2.05, 4.69) is 5.16 Å². The highest BCUT2D eigenvalue weighted by Crippen LogP contribution is 2.26. The molecule has 1 N–H and O–H groups in total. The van der Waals surface area contributed by atoms with Crippen LogP contribution in [-0.4, -0.2) is 54.8 Å². The number of nitrogens with zero attached hydrogens (tertiary/aromatic N) is 2. The number of sulfonamides is 1. The van der Waals surface area contributed by atoms with Crippen LogP contribution in [0.3, 0.4) is 0 Å². The van der Waals surface area contributed by atoms with Gasteiger partial charge in [-0.2, -0.15) is 4.31 Å². The zero-order chi connectivity index (χ0) is 15.6. The maximum absolute atomic E-state index is 12.6. The van der Waals surface area contributed by atoms with E-state index in [9.17, 15) is 13.2 Å². The predicted molar refractivity (Wildman–Crippen MR) is 71.3 cm³/mol. The van der Waals surface area contributed by atoms with Crippen LogP contribution in [0.2, 0.25) is 0 Å². The number of aromatic nitrogens is 1. The van der Waals surface area contributed by atoms with Gasteiger partial charge in [0, 0.05) is 13.1 Å². The number of aliphatic carboxylic acids is 1. The Hall–Kier alpha value is -1.45. The summed E-state index contributed by atoms with van der Waals surface area (Å²) in [5, 5.41) is 12.2. The van der Waals surface area contributed by atoms with E-state index < -0.39 is 16.0 Å². The van der Waals surface area contributed by atoms with E-state index in [4.69, 9.17) is 14.4 Å². The first-order chi connectivity index (χ1) is 9.82. The minimum Gasteiger partial charge on any atom is -0.480 e. The van der Waals surface area contributed by atoms with E-state index in [-0.39, 0.29) is 36.5 Å². The van der Waals surface area contributed by atoms with Crippen LogP contribution in [0.15, 0.2) is 9.42 Å². The third-order valence-corrected chi connectivity index (χ3v) is 5.55. The molecule has 1 fully saturated rings. The fourth-order valence-electron chi connectivity index (χ4n) is 2.40. The highest BCUT2D eigenvalue weighted by Gasteiger charge is 2.34. The number of rotatable bonds is 5. The van der Waals surface area contributed by atoms with E-state index in [0.29, 0.717) is 18.5 Å². The molecule has 0 atom stereocenters. The lowest BCUT2D eigenvalue weighted by atomic mass is 10.1. The van der Waals surface area contributed by atoms with Crippen LogP contribution in [0.1, 0.15) is 24.3 Å². The lowest BCUT2D eigenvalue weighted by molar-refractivity contribution is -0.145. The number of hydrogen-bond acceptors (Lipinski definition) is 6. The monoisotopic (exact) mass is 318 g/mol. The van der Waals surface area contributed by atoms with Crippen LogP contribution in [0.4, 0.5) is 0 Å². The molecule has 0 amide bonds. The van der Waals surface area contributed by atoms with Gasteiger partial charge in [0.15, 0.2) is 5.76 Å². The number of aryl methyl sites for hydroxylation is 2. The number of hydrogen-bond donors (Lipinski definition) is 1. The van der Waals surface area contributed by atoms with Crippen LogP contribution in [-0.2, 0) is 19.6 Å². The second-order valence-corrected chi connectivity index (χ2v) is 6.84. The van der Waals surface area contributed by atoms with Gasteiger partial charge in [0.2, 0.25) is 10.0 Å². The number of carboxylic acid groups (broad SMARTS) is 1. The number of piperidine rings is 1. The topological polar surface area (TPSA) is 110 Å². The quantitative estimate of drug-likeness (QED) is 0.844. The fourth-order valence-corrected chi connectivity index (χ4v) is 4.16. The number of carbonyl (C=O) groups is 1. The van der Waals surface area contributed by atoms with E-state index in [0.717, 1.165) is 0 Å². The Morgan fingerprint density at radius 2 is 2.05 bits per heavy atom. The molecule has 2 rings (SSSR count). The van der Waals surface area contributed by atoms with Gasteiger partial charge in [-0.1, -0.05) is 5.16 Å². The summed E-state index contributed by atoms with van der Waals surface area (Å²) >= 11 is 0. The maximum Gasteiger partial charge on any atom is 0.329 e. The molecule has 0 radical (unpaired) electrons. The number of ether oxygens (including phenoxy) is 1. The highest BCUT2D eigenvalue weighted by atomic mass is 32.2. The van der Waals surface area contributed by atoms with Crippen LogP contribution < -0.4 is 0 Å². The average Bonchev–Trinajstić information content (AvgIpc) is 2.77. The van der Waals surface area contributed by atoms with Crippen molar-refractivity contribution >= 4 is 16.0 Å². The third kappa shape index (κ3) is 3.42.